The minimum absolute atomic E-state index is 0.421. The van der Waals surface area contributed by atoms with E-state index >= 15 is 0 Å². The molecule has 0 N–H and O–H groups in total. The van der Waals surface area contributed by atoms with Crippen LogP contribution >= 0.6 is 11.3 Å². The van der Waals surface area contributed by atoms with Gasteiger partial charge in [0.05, 0.1) is 15.8 Å². The molecule has 0 radical (unpaired) electrons. The van der Waals surface area contributed by atoms with E-state index in [4.69, 9.17) is 0 Å². The monoisotopic (exact) mass is 705 g/mol. The number of hydrogen-bond acceptors (Lipinski definition) is 2. The van der Waals surface area contributed by atoms with Crippen molar-refractivity contribution in [1.82, 2.24) is 0 Å². The van der Waals surface area contributed by atoms with Crippen molar-refractivity contribution in [3.8, 4) is 11.1 Å². The predicted molar refractivity (Wildman–Crippen MR) is 228 cm³/mol. The highest BCUT2D eigenvalue weighted by Gasteiger charge is 2.46. The fraction of sp³-hybridized carbons (Fsp3) is 0.0769. The molecular formula is C52H35NS. The fourth-order valence-corrected chi connectivity index (χ4v) is 10.8. The van der Waals surface area contributed by atoms with Crippen LogP contribution in [0.3, 0.4) is 0 Å². The first-order chi connectivity index (χ1) is 26.8. The van der Waals surface area contributed by atoms with Crippen LogP contribution in [0.1, 0.15) is 35.1 Å². The zero-order valence-corrected chi connectivity index (χ0v) is 30.5. The fourth-order valence-electron chi connectivity index (χ4n) is 9.42. The standard InChI is InChI=1S/C52H35NS/c1-3-15-35(16-4-1)37-29-31-41(33-37)53(49-28-14-25-45-46-32-30-36-17-7-8-22-42(36)50(46)54-51(45)49)40-21-13-20-39(34-40)52(38-18-5-2-6-19-38)47-26-11-9-23-43(47)44-24-10-12-27-48(44)52/h1,3-5,7-15,17-32,34-35H,16,33H2. The minimum Gasteiger partial charge on any atom is -0.312 e. The third kappa shape index (κ3) is 4.59. The normalized spacial score (nSPS) is 16.6. The molecule has 1 unspecified atom stereocenters. The second-order valence-corrected chi connectivity index (χ2v) is 15.6. The van der Waals surface area contributed by atoms with E-state index in [0.717, 1.165) is 18.5 Å². The van der Waals surface area contributed by atoms with Crippen LogP contribution in [0, 0.1) is 18.1 Å². The lowest BCUT2D eigenvalue weighted by atomic mass is 9.68. The van der Waals surface area contributed by atoms with Crippen LogP contribution in [-0.2, 0) is 5.41 Å². The van der Waals surface area contributed by atoms with E-state index in [2.05, 4.69) is 193 Å². The van der Waals surface area contributed by atoms with Crippen molar-refractivity contribution in [2.45, 2.75) is 18.3 Å². The van der Waals surface area contributed by atoms with Gasteiger partial charge in [-0.1, -0.05) is 157 Å². The van der Waals surface area contributed by atoms with Crippen LogP contribution in [0.5, 0.6) is 0 Å². The maximum atomic E-state index is 3.32. The first kappa shape index (κ1) is 31.2. The van der Waals surface area contributed by atoms with Crippen molar-refractivity contribution in [3.05, 3.63) is 228 Å². The number of rotatable bonds is 6. The van der Waals surface area contributed by atoms with Gasteiger partial charge in [0.2, 0.25) is 0 Å². The molecule has 54 heavy (non-hydrogen) atoms. The molecule has 1 atom stereocenters. The first-order valence-electron chi connectivity index (χ1n) is 18.8. The predicted octanol–water partition coefficient (Wildman–Crippen LogP) is 13.7. The van der Waals surface area contributed by atoms with E-state index in [-0.39, 0.29) is 0 Å². The summed E-state index contributed by atoms with van der Waals surface area (Å²) in [5, 5.41) is 5.22. The number of nitrogens with zero attached hydrogens (tertiary/aromatic N) is 1. The molecule has 0 saturated heterocycles. The average Bonchev–Trinajstić information content (AvgIpc) is 3.96. The van der Waals surface area contributed by atoms with Gasteiger partial charge in [-0.05, 0) is 93.0 Å². The van der Waals surface area contributed by atoms with Crippen LogP contribution in [0.4, 0.5) is 11.4 Å². The largest absolute Gasteiger partial charge is 0.312 e. The highest BCUT2D eigenvalue weighted by Crippen LogP contribution is 2.57. The van der Waals surface area contributed by atoms with Gasteiger partial charge in [-0.15, -0.1) is 11.3 Å². The second-order valence-electron chi connectivity index (χ2n) is 14.6. The summed E-state index contributed by atoms with van der Waals surface area (Å²) in [6.07, 6.45) is 15.7. The number of anilines is 2. The van der Waals surface area contributed by atoms with Crippen LogP contribution in [0.15, 0.2) is 193 Å². The summed E-state index contributed by atoms with van der Waals surface area (Å²) in [6, 6.07) is 60.4. The van der Waals surface area contributed by atoms with E-state index in [1.807, 2.05) is 17.4 Å². The summed E-state index contributed by atoms with van der Waals surface area (Å²) < 4.78 is 2.65. The summed E-state index contributed by atoms with van der Waals surface area (Å²) in [6.45, 7) is 0. The summed E-state index contributed by atoms with van der Waals surface area (Å²) in [5.74, 6) is 0.421. The van der Waals surface area contributed by atoms with Crippen molar-refractivity contribution in [2.75, 3.05) is 4.90 Å². The van der Waals surface area contributed by atoms with Gasteiger partial charge in [0.25, 0.3) is 0 Å². The SMILES string of the molecule is c1ccc(C2(c3cccc(N(C4=CC=C(C5C=CC=CC5)C4)c4cccc5c4sc4c6ccccc6ccc54)c3)c3ccccc3-c3ccccc32)cc#1. The highest BCUT2D eigenvalue weighted by molar-refractivity contribution is 7.27. The van der Waals surface area contributed by atoms with Gasteiger partial charge >= 0.3 is 0 Å². The Kier molecular flexibility index (Phi) is 7.12. The van der Waals surface area contributed by atoms with Gasteiger partial charge in [-0.2, -0.15) is 0 Å². The Labute approximate surface area is 320 Å². The Morgan fingerprint density at radius 1 is 0.630 bits per heavy atom. The molecule has 1 heterocycles. The smallest absolute Gasteiger partial charge is 0.0720 e. The maximum Gasteiger partial charge on any atom is 0.0720 e. The number of benzene rings is 6. The summed E-state index contributed by atoms with van der Waals surface area (Å²) >= 11 is 1.92. The second kappa shape index (κ2) is 12.3. The van der Waals surface area contributed by atoms with E-state index in [1.54, 1.807) is 0 Å². The summed E-state index contributed by atoms with van der Waals surface area (Å²) in [5.41, 5.74) is 12.2. The third-order valence-electron chi connectivity index (χ3n) is 11.8. The Hall–Kier alpha value is -6.40. The van der Waals surface area contributed by atoms with Gasteiger partial charge < -0.3 is 4.90 Å². The molecule has 1 nitrogen and oxygen atoms in total. The quantitative estimate of drug-likeness (QED) is 0.166. The third-order valence-corrected chi connectivity index (χ3v) is 13.1. The number of hydrogen-bond donors (Lipinski definition) is 0. The van der Waals surface area contributed by atoms with Gasteiger partial charge in [0.15, 0.2) is 0 Å². The van der Waals surface area contributed by atoms with E-state index in [0.29, 0.717) is 5.92 Å². The van der Waals surface area contributed by atoms with Gasteiger partial charge in [-0.25, -0.2) is 0 Å². The summed E-state index contributed by atoms with van der Waals surface area (Å²) in [4.78, 5) is 2.56. The molecular weight excluding hydrogens is 671 g/mol. The topological polar surface area (TPSA) is 3.24 Å². The maximum absolute atomic E-state index is 3.32. The average molecular weight is 706 g/mol. The van der Waals surface area contributed by atoms with Crippen LogP contribution in [-0.4, -0.2) is 0 Å². The zero-order valence-electron chi connectivity index (χ0n) is 29.7. The Morgan fingerprint density at radius 2 is 1.41 bits per heavy atom. The first-order valence-corrected chi connectivity index (χ1v) is 19.6. The minimum atomic E-state index is -0.518. The molecule has 0 amide bonds. The molecule has 7 aromatic carbocycles. The van der Waals surface area contributed by atoms with Crippen LogP contribution in [0.2, 0.25) is 0 Å². The Bertz CT molecular complexity index is 2860. The van der Waals surface area contributed by atoms with Crippen molar-refractivity contribution in [3.63, 3.8) is 0 Å². The van der Waals surface area contributed by atoms with Gasteiger partial charge in [-0.3, -0.25) is 0 Å². The lowest BCUT2D eigenvalue weighted by Crippen LogP contribution is -2.29. The van der Waals surface area contributed by atoms with Crippen molar-refractivity contribution >= 4 is 53.7 Å². The Balaban J connectivity index is 1.15. The van der Waals surface area contributed by atoms with E-state index in [9.17, 15) is 0 Å². The van der Waals surface area contributed by atoms with Crippen LogP contribution < -0.4 is 4.90 Å². The molecule has 0 aliphatic heterocycles. The lowest BCUT2D eigenvalue weighted by Gasteiger charge is -2.35. The molecule has 2 heteroatoms. The molecule has 8 aromatic rings. The van der Waals surface area contributed by atoms with Crippen molar-refractivity contribution < 1.29 is 0 Å². The summed E-state index contributed by atoms with van der Waals surface area (Å²) in [7, 11) is 0. The number of thiophene rings is 1. The molecule has 0 bridgehead atoms. The van der Waals surface area contributed by atoms with Crippen molar-refractivity contribution in [2.24, 2.45) is 5.92 Å². The molecule has 0 fully saturated rings. The molecule has 1 aromatic heterocycles. The highest BCUT2D eigenvalue weighted by atomic mass is 32.1. The molecule has 254 valence electrons. The van der Waals surface area contributed by atoms with Gasteiger partial charge in [0, 0.05) is 39.2 Å². The zero-order chi connectivity index (χ0) is 35.6. The van der Waals surface area contributed by atoms with Gasteiger partial charge in [0.1, 0.15) is 0 Å². The van der Waals surface area contributed by atoms with Crippen molar-refractivity contribution in [1.29, 1.82) is 0 Å². The molecule has 3 aliphatic rings. The lowest BCUT2D eigenvalue weighted by molar-refractivity contribution is 0.742. The molecule has 11 rings (SSSR count). The molecule has 3 aliphatic carbocycles. The molecule has 0 spiro atoms. The number of fused-ring (bicyclic) bond motifs is 8. The van der Waals surface area contributed by atoms with Crippen LogP contribution in [0.25, 0.3) is 42.1 Å². The van der Waals surface area contributed by atoms with E-state index < -0.39 is 5.41 Å². The Morgan fingerprint density at radius 3 is 2.22 bits per heavy atom. The molecule has 0 saturated carbocycles. The van der Waals surface area contributed by atoms with E-state index in [1.165, 1.54) is 81.3 Å². The number of allylic oxidation sites excluding steroid dienone is 7.